The monoisotopic (exact) mass is 439 g/mol. The molecule has 0 aliphatic heterocycles. The Balaban J connectivity index is 1.69. The van der Waals surface area contributed by atoms with E-state index in [1.165, 1.54) is 13.1 Å². The summed E-state index contributed by atoms with van der Waals surface area (Å²) in [7, 11) is 0. The topological polar surface area (TPSA) is 80.3 Å². The van der Waals surface area contributed by atoms with Crippen molar-refractivity contribution in [3.05, 3.63) is 76.4 Å². The number of amides is 2. The average molecular weight is 440 g/mol. The minimum atomic E-state index is -0.306. The molecule has 28 heavy (non-hydrogen) atoms. The number of benzene rings is 2. The summed E-state index contributed by atoms with van der Waals surface area (Å²) in [5.74, 6) is 0.554. The fraction of sp³-hybridized carbons (Fsp3) is 0.0952. The molecule has 2 N–H and O–H groups in total. The van der Waals surface area contributed by atoms with E-state index in [4.69, 9.17) is 4.74 Å². The number of hydrogen-bond donors (Lipinski definition) is 2. The third-order valence-corrected chi connectivity index (χ3v) is 4.32. The lowest BCUT2D eigenvalue weighted by molar-refractivity contribution is -0.114. The van der Waals surface area contributed by atoms with Crippen LogP contribution in [0.2, 0.25) is 0 Å². The van der Waals surface area contributed by atoms with Crippen molar-refractivity contribution in [1.29, 1.82) is 0 Å². The first-order chi connectivity index (χ1) is 13.4. The molecule has 3 rings (SSSR count). The van der Waals surface area contributed by atoms with E-state index in [0.29, 0.717) is 28.6 Å². The maximum absolute atomic E-state index is 12.5. The summed E-state index contributed by atoms with van der Waals surface area (Å²) in [5.41, 5.74) is 2.53. The van der Waals surface area contributed by atoms with Gasteiger partial charge in [-0.15, -0.1) is 0 Å². The van der Waals surface area contributed by atoms with Crippen LogP contribution in [0.25, 0.3) is 0 Å². The molecule has 142 valence electrons. The zero-order valence-corrected chi connectivity index (χ0v) is 16.9. The van der Waals surface area contributed by atoms with Gasteiger partial charge in [0.2, 0.25) is 11.8 Å². The number of aromatic nitrogens is 1. The number of halogens is 1. The van der Waals surface area contributed by atoms with Crippen molar-refractivity contribution >= 4 is 39.1 Å². The summed E-state index contributed by atoms with van der Waals surface area (Å²) in [4.78, 5) is 27.9. The lowest BCUT2D eigenvalue weighted by Crippen LogP contribution is -2.13. The van der Waals surface area contributed by atoms with Gasteiger partial charge in [0.25, 0.3) is 5.91 Å². The van der Waals surface area contributed by atoms with Crippen LogP contribution in [-0.4, -0.2) is 16.8 Å². The van der Waals surface area contributed by atoms with Gasteiger partial charge in [0.1, 0.15) is 5.75 Å². The van der Waals surface area contributed by atoms with E-state index >= 15 is 0 Å². The maximum Gasteiger partial charge on any atom is 0.257 e. The minimum absolute atomic E-state index is 0.170. The van der Waals surface area contributed by atoms with E-state index in [0.717, 1.165) is 10.0 Å². The third-order valence-electron chi connectivity index (χ3n) is 3.82. The summed E-state index contributed by atoms with van der Waals surface area (Å²) in [6.07, 6.45) is 1.45. The number of aryl methyl sites for hydroxylation is 1. The van der Waals surface area contributed by atoms with Gasteiger partial charge in [-0.05, 0) is 48.9 Å². The van der Waals surface area contributed by atoms with Crippen molar-refractivity contribution in [3.63, 3.8) is 0 Å². The van der Waals surface area contributed by atoms with Crippen molar-refractivity contribution in [1.82, 2.24) is 4.98 Å². The van der Waals surface area contributed by atoms with Crippen LogP contribution < -0.4 is 15.4 Å². The molecule has 6 nitrogen and oxygen atoms in total. The fourth-order valence-corrected chi connectivity index (χ4v) is 2.83. The summed E-state index contributed by atoms with van der Waals surface area (Å²) < 4.78 is 6.57. The van der Waals surface area contributed by atoms with Crippen molar-refractivity contribution in [2.45, 2.75) is 13.8 Å². The van der Waals surface area contributed by atoms with E-state index in [2.05, 4.69) is 31.5 Å². The summed E-state index contributed by atoms with van der Waals surface area (Å²) in [6, 6.07) is 16.0. The number of anilines is 2. The van der Waals surface area contributed by atoms with Crippen LogP contribution >= 0.6 is 15.9 Å². The molecule has 1 aromatic heterocycles. The number of carbonyl (C=O) groups is 2. The molecule has 0 aliphatic carbocycles. The van der Waals surface area contributed by atoms with Crippen LogP contribution in [0.4, 0.5) is 11.4 Å². The van der Waals surface area contributed by atoms with Gasteiger partial charge in [-0.1, -0.05) is 28.1 Å². The number of ether oxygens (including phenoxy) is 1. The Labute approximate surface area is 171 Å². The molecule has 0 spiro atoms. The second-order valence-electron chi connectivity index (χ2n) is 6.11. The van der Waals surface area contributed by atoms with Crippen molar-refractivity contribution < 1.29 is 14.3 Å². The Morgan fingerprint density at radius 1 is 1.04 bits per heavy atom. The predicted octanol–water partition coefficient (Wildman–Crippen LogP) is 5.16. The Morgan fingerprint density at radius 3 is 2.54 bits per heavy atom. The van der Waals surface area contributed by atoms with Gasteiger partial charge in [-0.2, -0.15) is 0 Å². The summed E-state index contributed by atoms with van der Waals surface area (Å²) in [5, 5.41) is 5.54. The highest BCUT2D eigenvalue weighted by Gasteiger charge is 2.09. The van der Waals surface area contributed by atoms with Gasteiger partial charge >= 0.3 is 0 Å². The first-order valence-electron chi connectivity index (χ1n) is 8.50. The van der Waals surface area contributed by atoms with Crippen LogP contribution in [0.5, 0.6) is 11.6 Å². The standard InChI is InChI=1S/C21H18BrN3O3/c1-13-6-8-17(11-19(13)24-14(2)26)25-21(27)15-7-9-20(23-12-15)28-18-5-3-4-16(22)10-18/h3-12H,1-2H3,(H,24,26)(H,25,27). The molecule has 0 saturated carbocycles. The Morgan fingerprint density at radius 2 is 1.86 bits per heavy atom. The normalized spacial score (nSPS) is 10.2. The Bertz CT molecular complexity index is 1020. The second kappa shape index (κ2) is 8.67. The van der Waals surface area contributed by atoms with Crippen molar-refractivity contribution in [2.24, 2.45) is 0 Å². The predicted molar refractivity (Wildman–Crippen MR) is 112 cm³/mol. The minimum Gasteiger partial charge on any atom is -0.439 e. The van der Waals surface area contributed by atoms with Gasteiger partial charge in [0.05, 0.1) is 5.56 Å². The van der Waals surface area contributed by atoms with Crippen molar-refractivity contribution in [2.75, 3.05) is 10.6 Å². The molecule has 0 bridgehead atoms. The molecule has 2 aromatic carbocycles. The molecule has 7 heteroatoms. The lowest BCUT2D eigenvalue weighted by Gasteiger charge is -2.11. The van der Waals surface area contributed by atoms with Gasteiger partial charge in [0.15, 0.2) is 0 Å². The largest absolute Gasteiger partial charge is 0.439 e. The van der Waals surface area contributed by atoms with Crippen LogP contribution in [0.3, 0.4) is 0 Å². The first kappa shape index (κ1) is 19.6. The zero-order chi connectivity index (χ0) is 20.1. The molecule has 3 aromatic rings. The quantitative estimate of drug-likeness (QED) is 0.575. The molecule has 0 unspecified atom stereocenters. The highest BCUT2D eigenvalue weighted by Crippen LogP contribution is 2.24. The van der Waals surface area contributed by atoms with E-state index in [9.17, 15) is 9.59 Å². The number of hydrogen-bond acceptors (Lipinski definition) is 4. The maximum atomic E-state index is 12.5. The number of rotatable bonds is 5. The number of nitrogens with one attached hydrogen (secondary N) is 2. The molecule has 1 heterocycles. The highest BCUT2D eigenvalue weighted by atomic mass is 79.9. The average Bonchev–Trinajstić information content (AvgIpc) is 2.64. The van der Waals surface area contributed by atoms with E-state index in [1.54, 1.807) is 24.3 Å². The zero-order valence-electron chi connectivity index (χ0n) is 15.3. The third kappa shape index (κ3) is 5.17. The van der Waals surface area contributed by atoms with Gasteiger partial charge in [0, 0.05) is 35.0 Å². The van der Waals surface area contributed by atoms with Crippen molar-refractivity contribution in [3.8, 4) is 11.6 Å². The summed E-state index contributed by atoms with van der Waals surface area (Å²) in [6.45, 7) is 3.32. The molecular formula is C21H18BrN3O3. The van der Waals surface area contributed by atoms with Crippen LogP contribution in [0, 0.1) is 6.92 Å². The SMILES string of the molecule is CC(=O)Nc1cc(NC(=O)c2ccc(Oc3cccc(Br)c3)nc2)ccc1C. The first-order valence-corrected chi connectivity index (χ1v) is 9.29. The molecule has 2 amide bonds. The molecule has 0 atom stereocenters. The highest BCUT2D eigenvalue weighted by molar-refractivity contribution is 9.10. The van der Waals surface area contributed by atoms with Gasteiger partial charge < -0.3 is 15.4 Å². The molecule has 0 saturated heterocycles. The van der Waals surface area contributed by atoms with E-state index < -0.39 is 0 Å². The Kier molecular flexibility index (Phi) is 6.06. The molecule has 0 aliphatic rings. The van der Waals surface area contributed by atoms with Gasteiger partial charge in [-0.25, -0.2) is 4.98 Å². The van der Waals surface area contributed by atoms with E-state index in [1.807, 2.05) is 37.3 Å². The number of pyridine rings is 1. The molecular weight excluding hydrogens is 422 g/mol. The Hall–Kier alpha value is -3.19. The van der Waals surface area contributed by atoms with Crippen LogP contribution in [0.1, 0.15) is 22.8 Å². The summed E-state index contributed by atoms with van der Waals surface area (Å²) >= 11 is 3.38. The molecule has 0 radical (unpaired) electrons. The van der Waals surface area contributed by atoms with Crippen LogP contribution in [0.15, 0.2) is 65.3 Å². The number of nitrogens with zero attached hydrogens (tertiary/aromatic N) is 1. The van der Waals surface area contributed by atoms with Gasteiger partial charge in [-0.3, -0.25) is 9.59 Å². The number of carbonyl (C=O) groups excluding carboxylic acids is 2. The van der Waals surface area contributed by atoms with Crippen LogP contribution in [-0.2, 0) is 4.79 Å². The molecule has 0 fully saturated rings. The lowest BCUT2D eigenvalue weighted by atomic mass is 10.1. The van der Waals surface area contributed by atoms with E-state index in [-0.39, 0.29) is 11.8 Å². The smallest absolute Gasteiger partial charge is 0.257 e. The second-order valence-corrected chi connectivity index (χ2v) is 7.03. The fourth-order valence-electron chi connectivity index (χ4n) is 2.45.